The fourth-order valence-corrected chi connectivity index (χ4v) is 2.37. The Morgan fingerprint density at radius 1 is 1.05 bits per heavy atom. The number of aromatic nitrogens is 3. The van der Waals surface area contributed by atoms with Gasteiger partial charge in [-0.2, -0.15) is 0 Å². The molecule has 0 fully saturated rings. The standard InChI is InChI=1S/C15H11N3O/c1-2-4-11(5-3-1)13-9-17-15-12-8-16-7-6-14(12)19-10-18(13)15/h1-9H,10H2. The Morgan fingerprint density at radius 3 is 2.84 bits per heavy atom. The van der Waals surface area contributed by atoms with Crippen molar-refractivity contribution in [3.8, 4) is 28.4 Å². The third-order valence-corrected chi connectivity index (χ3v) is 3.30. The van der Waals surface area contributed by atoms with E-state index in [4.69, 9.17) is 4.74 Å². The van der Waals surface area contributed by atoms with Crippen LogP contribution in [0, 0.1) is 0 Å². The molecule has 4 nitrogen and oxygen atoms in total. The van der Waals surface area contributed by atoms with Crippen LogP contribution in [0.2, 0.25) is 0 Å². The van der Waals surface area contributed by atoms with Crippen LogP contribution in [0.15, 0.2) is 55.0 Å². The summed E-state index contributed by atoms with van der Waals surface area (Å²) < 4.78 is 7.82. The summed E-state index contributed by atoms with van der Waals surface area (Å²) in [6, 6.07) is 12.1. The predicted octanol–water partition coefficient (Wildman–Crippen LogP) is 2.96. The van der Waals surface area contributed by atoms with E-state index in [-0.39, 0.29) is 0 Å². The van der Waals surface area contributed by atoms with Gasteiger partial charge in [-0.05, 0) is 11.6 Å². The number of pyridine rings is 1. The second kappa shape index (κ2) is 3.95. The third kappa shape index (κ3) is 1.53. The molecule has 1 aromatic carbocycles. The molecule has 0 radical (unpaired) electrons. The monoisotopic (exact) mass is 249 g/mol. The average Bonchev–Trinajstić information content (AvgIpc) is 2.92. The van der Waals surface area contributed by atoms with Gasteiger partial charge in [-0.1, -0.05) is 30.3 Å². The molecule has 3 aromatic rings. The van der Waals surface area contributed by atoms with Crippen molar-refractivity contribution in [3.05, 3.63) is 55.0 Å². The van der Waals surface area contributed by atoms with Gasteiger partial charge in [0.15, 0.2) is 6.73 Å². The van der Waals surface area contributed by atoms with Crippen molar-refractivity contribution in [2.24, 2.45) is 0 Å². The maximum absolute atomic E-state index is 5.75. The highest BCUT2D eigenvalue weighted by Gasteiger charge is 2.21. The quantitative estimate of drug-likeness (QED) is 0.665. The zero-order valence-electron chi connectivity index (χ0n) is 10.2. The zero-order valence-corrected chi connectivity index (χ0v) is 10.2. The maximum Gasteiger partial charge on any atom is 0.167 e. The Kier molecular flexibility index (Phi) is 2.14. The summed E-state index contributed by atoms with van der Waals surface area (Å²) in [7, 11) is 0. The minimum absolute atomic E-state index is 0.483. The fourth-order valence-electron chi connectivity index (χ4n) is 2.37. The Hall–Kier alpha value is -2.62. The molecular weight excluding hydrogens is 238 g/mol. The number of hydrogen-bond donors (Lipinski definition) is 0. The first-order valence-corrected chi connectivity index (χ1v) is 6.11. The molecule has 19 heavy (non-hydrogen) atoms. The van der Waals surface area contributed by atoms with Gasteiger partial charge in [0.05, 0.1) is 17.5 Å². The minimum Gasteiger partial charge on any atom is -0.472 e. The summed E-state index contributed by atoms with van der Waals surface area (Å²) in [6.07, 6.45) is 5.41. The van der Waals surface area contributed by atoms with E-state index in [9.17, 15) is 0 Å². The first-order chi connectivity index (χ1) is 9.43. The van der Waals surface area contributed by atoms with Crippen molar-refractivity contribution in [2.45, 2.75) is 6.73 Å². The van der Waals surface area contributed by atoms with Crippen LogP contribution in [-0.4, -0.2) is 14.5 Å². The molecule has 1 aliphatic heterocycles. The van der Waals surface area contributed by atoms with Crippen molar-refractivity contribution >= 4 is 0 Å². The van der Waals surface area contributed by atoms with Crippen LogP contribution >= 0.6 is 0 Å². The van der Waals surface area contributed by atoms with E-state index in [1.54, 1.807) is 12.4 Å². The molecule has 0 amide bonds. The third-order valence-electron chi connectivity index (χ3n) is 3.30. The molecule has 0 aliphatic carbocycles. The summed E-state index contributed by atoms with van der Waals surface area (Å²) >= 11 is 0. The molecule has 0 unspecified atom stereocenters. The molecule has 0 bridgehead atoms. The van der Waals surface area contributed by atoms with E-state index < -0.39 is 0 Å². The number of nitrogens with zero attached hydrogens (tertiary/aromatic N) is 3. The van der Waals surface area contributed by atoms with E-state index >= 15 is 0 Å². The molecule has 0 atom stereocenters. The molecule has 0 spiro atoms. The Balaban J connectivity index is 1.91. The van der Waals surface area contributed by atoms with Crippen LogP contribution in [0.5, 0.6) is 5.75 Å². The molecule has 0 N–H and O–H groups in total. The van der Waals surface area contributed by atoms with E-state index in [2.05, 4.69) is 26.7 Å². The van der Waals surface area contributed by atoms with E-state index in [0.29, 0.717) is 6.73 Å². The predicted molar refractivity (Wildman–Crippen MR) is 71.5 cm³/mol. The Morgan fingerprint density at radius 2 is 1.95 bits per heavy atom. The lowest BCUT2D eigenvalue weighted by atomic mass is 10.1. The van der Waals surface area contributed by atoms with Crippen LogP contribution in [0.25, 0.3) is 22.6 Å². The maximum atomic E-state index is 5.75. The van der Waals surface area contributed by atoms with Gasteiger partial charge in [-0.15, -0.1) is 0 Å². The van der Waals surface area contributed by atoms with Gasteiger partial charge in [0.2, 0.25) is 0 Å². The second-order valence-electron chi connectivity index (χ2n) is 4.41. The van der Waals surface area contributed by atoms with Crippen LogP contribution in [0.1, 0.15) is 0 Å². The molecule has 4 heteroatoms. The normalized spacial score (nSPS) is 12.4. The van der Waals surface area contributed by atoms with Crippen molar-refractivity contribution in [1.82, 2.24) is 14.5 Å². The second-order valence-corrected chi connectivity index (χ2v) is 4.41. The minimum atomic E-state index is 0.483. The molecule has 0 saturated heterocycles. The highest BCUT2D eigenvalue weighted by Crippen LogP contribution is 2.35. The van der Waals surface area contributed by atoms with Crippen molar-refractivity contribution < 1.29 is 4.74 Å². The molecule has 3 heterocycles. The van der Waals surface area contributed by atoms with Crippen LogP contribution < -0.4 is 4.74 Å². The smallest absolute Gasteiger partial charge is 0.167 e. The van der Waals surface area contributed by atoms with Gasteiger partial charge in [0.25, 0.3) is 0 Å². The highest BCUT2D eigenvalue weighted by atomic mass is 16.5. The fraction of sp³-hybridized carbons (Fsp3) is 0.0667. The van der Waals surface area contributed by atoms with Crippen LogP contribution in [0.4, 0.5) is 0 Å². The van der Waals surface area contributed by atoms with Gasteiger partial charge in [-0.3, -0.25) is 9.55 Å². The SMILES string of the molecule is c1ccc(-c2cnc3n2COc2ccncc2-3)cc1. The number of benzene rings is 1. The van der Waals surface area contributed by atoms with E-state index in [0.717, 1.165) is 28.4 Å². The van der Waals surface area contributed by atoms with Gasteiger partial charge in [-0.25, -0.2) is 4.98 Å². The van der Waals surface area contributed by atoms with Crippen LogP contribution in [0.3, 0.4) is 0 Å². The molecular formula is C15H11N3O. The lowest BCUT2D eigenvalue weighted by Crippen LogP contribution is -2.14. The van der Waals surface area contributed by atoms with Crippen LogP contribution in [-0.2, 0) is 6.73 Å². The first kappa shape index (κ1) is 10.3. The summed E-state index contributed by atoms with van der Waals surface area (Å²) in [5.41, 5.74) is 3.14. The molecule has 0 saturated carbocycles. The van der Waals surface area contributed by atoms with E-state index in [1.165, 1.54) is 0 Å². The summed E-state index contributed by atoms with van der Waals surface area (Å²) in [6.45, 7) is 0.483. The van der Waals surface area contributed by atoms with Gasteiger partial charge in [0, 0.05) is 12.4 Å². The highest BCUT2D eigenvalue weighted by molar-refractivity contribution is 5.70. The van der Waals surface area contributed by atoms with E-state index in [1.807, 2.05) is 30.5 Å². The van der Waals surface area contributed by atoms with Crippen molar-refractivity contribution in [3.63, 3.8) is 0 Å². The largest absolute Gasteiger partial charge is 0.472 e. The molecule has 2 aromatic heterocycles. The Bertz CT molecular complexity index is 721. The lowest BCUT2D eigenvalue weighted by Gasteiger charge is -2.20. The van der Waals surface area contributed by atoms with Gasteiger partial charge < -0.3 is 4.74 Å². The summed E-state index contributed by atoms with van der Waals surface area (Å²) in [5, 5.41) is 0. The molecule has 1 aliphatic rings. The van der Waals surface area contributed by atoms with Crippen molar-refractivity contribution in [2.75, 3.05) is 0 Å². The molecule has 4 rings (SSSR count). The summed E-state index contributed by atoms with van der Waals surface area (Å²) in [5.74, 6) is 1.75. The topological polar surface area (TPSA) is 39.9 Å². The van der Waals surface area contributed by atoms with Crippen molar-refractivity contribution in [1.29, 1.82) is 0 Å². The average molecular weight is 249 g/mol. The number of rotatable bonds is 1. The zero-order chi connectivity index (χ0) is 12.7. The Labute approximate surface area is 110 Å². The number of imidazole rings is 1. The lowest BCUT2D eigenvalue weighted by molar-refractivity contribution is 0.231. The molecule has 92 valence electrons. The summed E-state index contributed by atoms with van der Waals surface area (Å²) in [4.78, 5) is 8.66. The van der Waals surface area contributed by atoms with Gasteiger partial charge >= 0.3 is 0 Å². The number of hydrogen-bond acceptors (Lipinski definition) is 3. The number of ether oxygens (including phenoxy) is 1. The number of fused-ring (bicyclic) bond motifs is 3. The first-order valence-electron chi connectivity index (χ1n) is 6.11. The van der Waals surface area contributed by atoms with Gasteiger partial charge in [0.1, 0.15) is 11.6 Å².